The molecular formula is C28H27N3O3. The van der Waals surface area contributed by atoms with Crippen molar-refractivity contribution in [2.75, 3.05) is 13.1 Å². The molecule has 0 N–H and O–H groups in total. The first-order chi connectivity index (χ1) is 16.3. The van der Waals surface area contributed by atoms with Crippen LogP contribution >= 0.6 is 0 Å². The van der Waals surface area contributed by atoms with Crippen LogP contribution in [-0.4, -0.2) is 40.4 Å². The van der Waals surface area contributed by atoms with Gasteiger partial charge in [0.15, 0.2) is 0 Å². The average Bonchev–Trinajstić information content (AvgIpc) is 2.80. The van der Waals surface area contributed by atoms with E-state index in [-0.39, 0.29) is 17.5 Å². The SMILES string of the molecule is CC#Cc1cc(C)c(C2C(=O)CC3(CCN(C(=O)c4cnccc4C#N)CC3)CC2=O)c(C)c1. The number of amides is 1. The van der Waals surface area contributed by atoms with Gasteiger partial charge in [0.25, 0.3) is 5.91 Å². The van der Waals surface area contributed by atoms with Crippen LogP contribution in [0, 0.1) is 42.4 Å². The summed E-state index contributed by atoms with van der Waals surface area (Å²) in [5.74, 6) is 4.92. The summed E-state index contributed by atoms with van der Waals surface area (Å²) >= 11 is 0. The lowest BCUT2D eigenvalue weighted by atomic mass is 9.62. The number of rotatable bonds is 2. The van der Waals surface area contributed by atoms with Gasteiger partial charge in [-0.3, -0.25) is 19.4 Å². The summed E-state index contributed by atoms with van der Waals surface area (Å²) in [6, 6.07) is 7.46. The molecule has 2 aliphatic rings. The maximum atomic E-state index is 13.3. The lowest BCUT2D eigenvalue weighted by molar-refractivity contribution is -0.138. The minimum Gasteiger partial charge on any atom is -0.339 e. The van der Waals surface area contributed by atoms with Crippen LogP contribution in [-0.2, 0) is 9.59 Å². The molecule has 1 aliphatic heterocycles. The number of hydrogen-bond acceptors (Lipinski definition) is 5. The molecule has 2 aromatic rings. The van der Waals surface area contributed by atoms with Crippen LogP contribution in [0.1, 0.15) is 76.7 Å². The van der Waals surface area contributed by atoms with E-state index in [1.165, 1.54) is 18.5 Å². The topological polar surface area (TPSA) is 91.1 Å². The Labute approximate surface area is 200 Å². The van der Waals surface area contributed by atoms with Gasteiger partial charge >= 0.3 is 0 Å². The predicted molar refractivity (Wildman–Crippen MR) is 127 cm³/mol. The Morgan fingerprint density at radius 1 is 1.12 bits per heavy atom. The molecule has 1 spiro atoms. The number of nitrogens with zero attached hydrogens (tertiary/aromatic N) is 3. The molecule has 0 atom stereocenters. The van der Waals surface area contributed by atoms with Crippen LogP contribution in [0.2, 0.25) is 0 Å². The third-order valence-corrected chi connectivity index (χ3v) is 7.18. The third kappa shape index (κ3) is 4.24. The summed E-state index contributed by atoms with van der Waals surface area (Å²) < 4.78 is 0. The van der Waals surface area contributed by atoms with Crippen LogP contribution in [0.25, 0.3) is 0 Å². The second-order valence-corrected chi connectivity index (χ2v) is 9.44. The van der Waals surface area contributed by atoms with Crippen molar-refractivity contribution in [3.8, 4) is 17.9 Å². The monoisotopic (exact) mass is 453 g/mol. The fourth-order valence-corrected chi connectivity index (χ4v) is 5.52. The van der Waals surface area contributed by atoms with Gasteiger partial charge in [-0.05, 0) is 73.9 Å². The summed E-state index contributed by atoms with van der Waals surface area (Å²) in [5, 5.41) is 9.29. The Balaban J connectivity index is 1.50. The van der Waals surface area contributed by atoms with Gasteiger partial charge in [0.05, 0.1) is 11.1 Å². The van der Waals surface area contributed by atoms with Crippen molar-refractivity contribution < 1.29 is 14.4 Å². The normalized spacial score (nSPS) is 17.8. The van der Waals surface area contributed by atoms with Crippen LogP contribution in [0.15, 0.2) is 30.6 Å². The van der Waals surface area contributed by atoms with Gasteiger partial charge in [-0.2, -0.15) is 5.26 Å². The number of ketones is 2. The third-order valence-electron chi connectivity index (χ3n) is 7.18. The standard InChI is InChI=1S/C28H27N3O3/c1-4-5-20-12-18(2)25(19(3)13-20)26-23(32)14-28(15-24(26)33)7-10-31(11-8-28)27(34)22-17-30-9-6-21(22)16-29/h6,9,12-13,17,26H,7-8,10-11,14-15H2,1-3H3. The quantitative estimate of drug-likeness (QED) is 0.508. The second kappa shape index (κ2) is 9.23. The van der Waals surface area contributed by atoms with Crippen molar-refractivity contribution in [1.82, 2.24) is 9.88 Å². The van der Waals surface area contributed by atoms with Gasteiger partial charge in [0.1, 0.15) is 23.6 Å². The van der Waals surface area contributed by atoms with Crippen molar-refractivity contribution in [2.45, 2.75) is 52.4 Å². The first-order valence-electron chi connectivity index (χ1n) is 11.5. The predicted octanol–water partition coefficient (Wildman–Crippen LogP) is 3.88. The van der Waals surface area contributed by atoms with Gasteiger partial charge in [0.2, 0.25) is 0 Å². The molecule has 0 bridgehead atoms. The fraction of sp³-hybridized carbons (Fsp3) is 0.393. The average molecular weight is 454 g/mol. The Morgan fingerprint density at radius 3 is 2.29 bits per heavy atom. The Morgan fingerprint density at radius 2 is 1.74 bits per heavy atom. The number of Topliss-reactive ketones (excluding diaryl/α,β-unsaturated/α-hetero) is 2. The molecule has 2 heterocycles. The zero-order chi connectivity index (χ0) is 24.5. The molecule has 1 aliphatic carbocycles. The number of likely N-dealkylation sites (tertiary alicyclic amines) is 1. The van der Waals surface area contributed by atoms with Crippen LogP contribution in [0.3, 0.4) is 0 Å². The molecule has 2 fully saturated rings. The zero-order valence-electron chi connectivity index (χ0n) is 19.8. The molecule has 6 heteroatoms. The number of carbonyl (C=O) groups excluding carboxylic acids is 3. The van der Waals surface area contributed by atoms with E-state index in [0.29, 0.717) is 49.9 Å². The molecule has 34 heavy (non-hydrogen) atoms. The van der Waals surface area contributed by atoms with E-state index >= 15 is 0 Å². The Bertz CT molecular complexity index is 1240. The van der Waals surface area contributed by atoms with E-state index in [0.717, 1.165) is 22.3 Å². The number of piperidine rings is 1. The van der Waals surface area contributed by atoms with Crippen molar-refractivity contribution in [3.63, 3.8) is 0 Å². The highest BCUT2D eigenvalue weighted by atomic mass is 16.2. The van der Waals surface area contributed by atoms with E-state index < -0.39 is 11.3 Å². The largest absolute Gasteiger partial charge is 0.339 e. The molecule has 4 rings (SSSR count). The van der Waals surface area contributed by atoms with Crippen LogP contribution < -0.4 is 0 Å². The molecule has 1 aromatic carbocycles. The summed E-state index contributed by atoms with van der Waals surface area (Å²) in [6.07, 6.45) is 4.78. The van der Waals surface area contributed by atoms with Crippen LogP contribution in [0.5, 0.6) is 0 Å². The molecule has 1 saturated carbocycles. The number of aromatic nitrogens is 1. The second-order valence-electron chi connectivity index (χ2n) is 9.44. The highest BCUT2D eigenvalue weighted by molar-refractivity contribution is 6.10. The fourth-order valence-electron chi connectivity index (χ4n) is 5.52. The maximum absolute atomic E-state index is 13.3. The van der Waals surface area contributed by atoms with E-state index in [1.807, 2.05) is 32.0 Å². The van der Waals surface area contributed by atoms with E-state index in [9.17, 15) is 19.6 Å². The first kappa shape index (κ1) is 23.4. The number of pyridine rings is 1. The van der Waals surface area contributed by atoms with Crippen molar-refractivity contribution >= 4 is 17.5 Å². The van der Waals surface area contributed by atoms with Crippen molar-refractivity contribution in [1.29, 1.82) is 5.26 Å². The molecule has 6 nitrogen and oxygen atoms in total. The summed E-state index contributed by atoms with van der Waals surface area (Å²) in [4.78, 5) is 45.3. The van der Waals surface area contributed by atoms with Crippen LogP contribution in [0.4, 0.5) is 0 Å². The van der Waals surface area contributed by atoms with Crippen molar-refractivity contribution in [3.05, 3.63) is 64.0 Å². The Kier molecular flexibility index (Phi) is 6.35. The smallest absolute Gasteiger partial charge is 0.256 e. The molecule has 172 valence electrons. The first-order valence-corrected chi connectivity index (χ1v) is 11.5. The highest BCUT2D eigenvalue weighted by Gasteiger charge is 2.48. The Hall–Kier alpha value is -3.77. The molecule has 1 amide bonds. The lowest BCUT2D eigenvalue weighted by Crippen LogP contribution is -2.48. The zero-order valence-corrected chi connectivity index (χ0v) is 19.8. The van der Waals surface area contributed by atoms with E-state index in [1.54, 1.807) is 11.8 Å². The number of benzene rings is 1. The number of aryl methyl sites for hydroxylation is 2. The molecule has 0 unspecified atom stereocenters. The van der Waals surface area contributed by atoms with E-state index in [4.69, 9.17) is 0 Å². The van der Waals surface area contributed by atoms with Gasteiger partial charge in [-0.25, -0.2) is 0 Å². The minimum absolute atomic E-state index is 0.0319. The highest BCUT2D eigenvalue weighted by Crippen LogP contribution is 2.46. The number of hydrogen-bond donors (Lipinski definition) is 0. The van der Waals surface area contributed by atoms with Gasteiger partial charge in [-0.1, -0.05) is 5.92 Å². The summed E-state index contributed by atoms with van der Waals surface area (Å²) in [7, 11) is 0. The minimum atomic E-state index is -0.720. The van der Waals surface area contributed by atoms with Gasteiger partial charge in [0, 0.05) is 43.9 Å². The lowest BCUT2D eigenvalue weighted by Gasteiger charge is -2.44. The van der Waals surface area contributed by atoms with Gasteiger partial charge < -0.3 is 4.90 Å². The maximum Gasteiger partial charge on any atom is 0.256 e. The molecule has 0 radical (unpaired) electrons. The number of carbonyl (C=O) groups is 3. The molecule has 1 saturated heterocycles. The van der Waals surface area contributed by atoms with Gasteiger partial charge in [-0.15, -0.1) is 5.92 Å². The molecule has 1 aromatic heterocycles. The summed E-state index contributed by atoms with van der Waals surface area (Å²) in [5.41, 5.74) is 3.74. The summed E-state index contributed by atoms with van der Waals surface area (Å²) in [6.45, 7) is 6.56. The van der Waals surface area contributed by atoms with Crippen molar-refractivity contribution in [2.24, 2.45) is 5.41 Å². The number of nitriles is 1. The molecular weight excluding hydrogens is 426 g/mol. The van der Waals surface area contributed by atoms with E-state index in [2.05, 4.69) is 16.8 Å².